The van der Waals surface area contributed by atoms with Gasteiger partial charge in [0.15, 0.2) is 23.4 Å². The van der Waals surface area contributed by atoms with Gasteiger partial charge in [0.2, 0.25) is 11.9 Å². The van der Waals surface area contributed by atoms with Crippen molar-refractivity contribution in [3.8, 4) is 53.8 Å². The fraction of sp³-hybridized carbons (Fsp3) is 0.220. The number of hydrogen-bond acceptors (Lipinski definition) is 18. The Kier molecular flexibility index (Phi) is 32.8. The zero-order chi connectivity index (χ0) is 89.3. The Balaban J connectivity index is 0.000000185. The van der Waals surface area contributed by atoms with Crippen molar-refractivity contribution in [2.45, 2.75) is 136 Å². The maximum atomic E-state index is 13.9. The lowest BCUT2D eigenvalue weighted by Crippen LogP contribution is -2.23. The zero-order valence-corrected chi connectivity index (χ0v) is 72.4. The number of thioether (sulfide) groups is 4. The van der Waals surface area contributed by atoms with Crippen LogP contribution in [0.1, 0.15) is 97.9 Å². The molecule has 0 spiro atoms. The molecule has 0 saturated carbocycles. The van der Waals surface area contributed by atoms with E-state index in [-0.39, 0.29) is 23.8 Å². The first-order valence-corrected chi connectivity index (χ1v) is 43.0. The summed E-state index contributed by atoms with van der Waals surface area (Å²) in [6.07, 6.45) is -18.1. The Morgan fingerprint density at radius 1 is 0.328 bits per heavy atom. The molecule has 0 fully saturated rings. The third-order valence-corrected chi connectivity index (χ3v) is 26.9. The molecule has 18 nitrogen and oxygen atoms in total. The van der Waals surface area contributed by atoms with Crippen LogP contribution in [0.3, 0.4) is 0 Å². The minimum absolute atomic E-state index is 0.0438. The molecule has 0 aliphatic carbocycles. The molecule has 4 aromatic heterocycles. The topological polar surface area (TPSA) is 328 Å². The van der Waals surface area contributed by atoms with Crippen LogP contribution < -0.4 is 55.5 Å². The van der Waals surface area contributed by atoms with E-state index in [1.54, 1.807) is 59.2 Å². The van der Waals surface area contributed by atoms with Gasteiger partial charge in [0, 0.05) is 84.4 Å². The smallest absolute Gasteiger partial charge is 0.370 e. The molecule has 0 atom stereocenters. The number of aliphatic imine (C=N–C) groups is 2. The van der Waals surface area contributed by atoms with Crippen LogP contribution >= 0.6 is 92.4 Å². The van der Waals surface area contributed by atoms with E-state index in [9.17, 15) is 61.5 Å². The van der Waals surface area contributed by atoms with Crippen molar-refractivity contribution in [1.82, 2.24) is 19.9 Å². The third-order valence-electron chi connectivity index (χ3n) is 17.3. The van der Waals surface area contributed by atoms with Crippen molar-refractivity contribution < 1.29 is 71.1 Å². The Morgan fingerprint density at radius 3 is 0.844 bits per heavy atom. The number of guanidine groups is 4. The molecule has 0 aliphatic heterocycles. The number of aromatic nitrogens is 4. The molecule has 0 radical (unpaired) electrons. The van der Waals surface area contributed by atoms with E-state index in [4.69, 9.17) is 55.5 Å². The number of hydrogen-bond donors (Lipinski definition) is 8. The number of aryl methyl sites for hydroxylation is 8. The van der Waals surface area contributed by atoms with Gasteiger partial charge in [0.25, 0.3) is 0 Å². The Morgan fingerprint density at radius 2 is 0.598 bits per heavy atom. The van der Waals surface area contributed by atoms with Gasteiger partial charge < -0.3 is 55.5 Å². The highest BCUT2D eigenvalue weighted by molar-refractivity contribution is 7.99. The number of thiazole rings is 4. The van der Waals surface area contributed by atoms with Gasteiger partial charge >= 0.3 is 24.7 Å². The molecule has 0 bridgehead atoms. The van der Waals surface area contributed by atoms with Gasteiger partial charge in [0.1, 0.15) is 31.7 Å². The molecular formula is C82H78F14N16O2S8. The minimum atomic E-state index is -4.73. The van der Waals surface area contributed by atoms with Crippen LogP contribution in [-0.2, 0) is 60.8 Å². The number of benzene rings is 8. The van der Waals surface area contributed by atoms with Crippen LogP contribution in [-0.4, -0.2) is 43.8 Å². The predicted molar refractivity (Wildman–Crippen MR) is 464 cm³/mol. The molecule has 12 rings (SSSR count). The van der Waals surface area contributed by atoms with E-state index in [2.05, 4.69) is 46.3 Å². The highest BCUT2D eigenvalue weighted by atomic mass is 32.2. The lowest BCUT2D eigenvalue weighted by molar-refractivity contribution is -0.140. The quantitative estimate of drug-likeness (QED) is 0.00916. The van der Waals surface area contributed by atoms with Crippen molar-refractivity contribution >= 4 is 116 Å². The van der Waals surface area contributed by atoms with Gasteiger partial charge in [-0.15, -0.1) is 92.4 Å². The number of oxime groups is 2. The van der Waals surface area contributed by atoms with Crippen molar-refractivity contribution in [1.29, 1.82) is 0 Å². The van der Waals surface area contributed by atoms with E-state index < -0.39 is 58.6 Å². The summed E-state index contributed by atoms with van der Waals surface area (Å²) in [5.74, 6) is 0.912. The maximum Gasteiger partial charge on any atom is 0.419 e. The molecule has 122 heavy (non-hydrogen) atoms. The number of nitrogens with zero attached hydrogens (tertiary/aromatic N) is 8. The minimum Gasteiger partial charge on any atom is -0.370 e. The maximum absolute atomic E-state index is 13.9. The number of halogens is 14. The molecule has 4 heterocycles. The largest absolute Gasteiger partial charge is 0.419 e. The first kappa shape index (κ1) is 95.2. The highest BCUT2D eigenvalue weighted by Gasteiger charge is 2.36. The van der Waals surface area contributed by atoms with E-state index in [0.717, 1.165) is 155 Å². The molecule has 12 aromatic rings. The fourth-order valence-electron chi connectivity index (χ4n) is 10.8. The van der Waals surface area contributed by atoms with Crippen molar-refractivity contribution in [3.63, 3.8) is 0 Å². The fourth-order valence-corrected chi connectivity index (χ4v) is 19.6. The molecule has 0 unspecified atom stereocenters. The SMILES string of the molecule is Cc1cc(SCc2sc(-c3ccc(C(F)(F)F)c(F)c3)nc2C)ccc1CN=C(N)N.Cc1cc(SCc2sc(-c3ccc(C(F)(F)F)c(F)c3)nc2C)ccc1ON=C(N)N.Cc1cc(SCc2sc(-c3ccc(C(F)(F)F)cc3)nc2C)ccc1CN=C(N)N.Cc1cc(SCc2sc(-c3ccc(C(F)(F)F)cc3)nc2C)ccc1ON=C(N)N. The Bertz CT molecular complexity index is 5400. The summed E-state index contributed by atoms with van der Waals surface area (Å²) >= 11 is 12.1. The van der Waals surface area contributed by atoms with Gasteiger partial charge in [0.05, 0.1) is 58.1 Å². The molecule has 0 saturated heterocycles. The lowest BCUT2D eigenvalue weighted by Gasteiger charge is -2.08. The molecule has 16 N–H and O–H groups in total. The molecule has 8 aromatic carbocycles. The molecule has 0 aliphatic rings. The van der Waals surface area contributed by atoms with Crippen LogP contribution in [0, 0.1) is 67.0 Å². The number of alkyl halides is 12. The Labute approximate surface area is 725 Å². The standard InChI is InChI=1S/C21H20F4N4S2.C21H21F3N4S2.C20H18F4N4OS2.C20H19F3N4OS2/c1-11-7-15(5-3-14(11)9-28-20(26)27)30-10-18-12(2)29-19(31-18)13-4-6-16(17(22)8-13)21(23,24)25;1-12-9-17(8-5-15(12)10-27-20(25)26)29-11-18-13(2)28-19(30-18)14-3-6-16(7-4-14)21(22,23)24;1-10-7-13(4-6-16(10)29-28-19(25)26)30-9-17-11(2)27-18(31-17)12-3-5-14(15(21)8-12)20(22,23)24;1-11-9-15(7-8-16(11)28-27-19(24)25)29-10-17-12(2)26-18(30-17)13-3-5-14(6-4-13)20(21,22)23/h3-8H,9-10H2,1-2H3,(H4,26,27,28);3-9H,10-11H2,1-2H3,(H4,25,26,27);3-8H,9H2,1-2H3,(H4,25,26,28);3-9H,10H2,1-2H3,(H4,24,25,27). The summed E-state index contributed by atoms with van der Waals surface area (Å²) in [7, 11) is 0. The van der Waals surface area contributed by atoms with E-state index >= 15 is 0 Å². The average molecular weight is 1840 g/mol. The Hall–Kier alpha value is -10.6. The van der Waals surface area contributed by atoms with Crippen molar-refractivity contribution in [2.24, 2.45) is 66.2 Å². The second kappa shape index (κ2) is 42.0. The van der Waals surface area contributed by atoms with Gasteiger partial charge in [-0.25, -0.2) is 38.7 Å². The molecule has 0 amide bonds. The predicted octanol–water partition coefficient (Wildman–Crippen LogP) is 21.9. The van der Waals surface area contributed by atoms with Crippen molar-refractivity contribution in [3.05, 3.63) is 267 Å². The van der Waals surface area contributed by atoms with E-state index in [0.29, 0.717) is 79.1 Å². The van der Waals surface area contributed by atoms with Crippen LogP contribution in [0.25, 0.3) is 42.3 Å². The second-order valence-electron chi connectivity index (χ2n) is 26.5. The molecule has 40 heteroatoms. The molecular weight excluding hydrogens is 1760 g/mol. The van der Waals surface area contributed by atoms with Gasteiger partial charge in [-0.3, -0.25) is 0 Å². The third kappa shape index (κ3) is 27.7. The average Bonchev–Trinajstić information content (AvgIpc) is 1.79. The van der Waals surface area contributed by atoms with Crippen LogP contribution in [0.2, 0.25) is 0 Å². The zero-order valence-electron chi connectivity index (χ0n) is 65.8. The van der Waals surface area contributed by atoms with Crippen LogP contribution in [0.15, 0.2) is 198 Å². The van der Waals surface area contributed by atoms with Crippen LogP contribution in [0.4, 0.5) is 61.5 Å². The van der Waals surface area contributed by atoms with E-state index in [1.165, 1.54) is 81.7 Å². The summed E-state index contributed by atoms with van der Waals surface area (Å²) in [6.45, 7) is 16.1. The summed E-state index contributed by atoms with van der Waals surface area (Å²) in [5, 5.41) is 9.44. The molecule has 644 valence electrons. The first-order valence-electron chi connectivity index (χ1n) is 35.8. The number of nitrogens with two attached hydrogens (primary N) is 8. The van der Waals surface area contributed by atoms with Gasteiger partial charge in [-0.2, -0.15) is 52.7 Å². The lowest BCUT2D eigenvalue weighted by atomic mass is 10.1. The summed E-state index contributed by atoms with van der Waals surface area (Å²) < 4.78 is 181. The summed E-state index contributed by atoms with van der Waals surface area (Å²) in [4.78, 5) is 44.5. The normalized spacial score (nSPS) is 11.5. The number of rotatable bonds is 24. The summed E-state index contributed by atoms with van der Waals surface area (Å²) in [5.41, 5.74) is 49.9. The van der Waals surface area contributed by atoms with Crippen LogP contribution in [0.5, 0.6) is 11.5 Å². The first-order chi connectivity index (χ1) is 57.3. The summed E-state index contributed by atoms with van der Waals surface area (Å²) in [6, 6.07) is 39.3. The van der Waals surface area contributed by atoms with Gasteiger partial charge in [-0.05, 0) is 208 Å². The second-order valence-corrected chi connectivity index (χ2v) is 35.1. The monoisotopic (exact) mass is 1840 g/mol. The van der Waals surface area contributed by atoms with E-state index in [1.807, 2.05) is 110 Å². The van der Waals surface area contributed by atoms with Gasteiger partial charge in [-0.1, -0.05) is 48.5 Å². The van der Waals surface area contributed by atoms with Crippen molar-refractivity contribution in [2.75, 3.05) is 0 Å². The highest BCUT2D eigenvalue weighted by Crippen LogP contribution is 2.43.